The standard InChI is InChI=1S/C27H27N3O4/c1-18-25-22(28-29-24(31)17-33-21-10-3-2-4-11-21)12-7-13-23(25)34-26(18)27(32)30-15-14-19-8-5-6-9-20(19)16-30/h2-6,8-11H,7,12-17H2,1H3,(H,29,31)/b28-22+. The van der Waals surface area contributed by atoms with Crippen molar-refractivity contribution in [2.75, 3.05) is 13.2 Å². The van der Waals surface area contributed by atoms with Crippen molar-refractivity contribution < 1.29 is 18.7 Å². The van der Waals surface area contributed by atoms with E-state index in [-0.39, 0.29) is 18.4 Å². The van der Waals surface area contributed by atoms with E-state index in [2.05, 4.69) is 22.7 Å². The molecule has 2 aromatic carbocycles. The summed E-state index contributed by atoms with van der Waals surface area (Å²) >= 11 is 0. The van der Waals surface area contributed by atoms with Gasteiger partial charge in [0, 0.05) is 30.6 Å². The molecule has 1 aliphatic heterocycles. The number of rotatable bonds is 5. The molecule has 34 heavy (non-hydrogen) atoms. The van der Waals surface area contributed by atoms with Crippen LogP contribution in [0.25, 0.3) is 0 Å². The zero-order valence-corrected chi connectivity index (χ0v) is 19.2. The second-order valence-corrected chi connectivity index (χ2v) is 8.65. The molecule has 0 spiro atoms. The highest BCUT2D eigenvalue weighted by atomic mass is 16.5. The van der Waals surface area contributed by atoms with Gasteiger partial charge < -0.3 is 14.1 Å². The summed E-state index contributed by atoms with van der Waals surface area (Å²) < 4.78 is 11.6. The van der Waals surface area contributed by atoms with Crippen LogP contribution in [0.5, 0.6) is 5.75 Å². The number of carbonyl (C=O) groups is 2. The average Bonchev–Trinajstić information content (AvgIpc) is 3.23. The first-order chi connectivity index (χ1) is 16.6. The van der Waals surface area contributed by atoms with E-state index in [4.69, 9.17) is 9.15 Å². The van der Waals surface area contributed by atoms with Gasteiger partial charge in [-0.15, -0.1) is 0 Å². The molecule has 3 aromatic rings. The Bertz CT molecular complexity index is 1250. The molecule has 5 rings (SSSR count). The summed E-state index contributed by atoms with van der Waals surface area (Å²) in [5.41, 5.74) is 7.43. The Kier molecular flexibility index (Phi) is 6.16. The molecular formula is C27H27N3O4. The van der Waals surface area contributed by atoms with Crippen molar-refractivity contribution in [2.45, 2.75) is 39.2 Å². The third-order valence-corrected chi connectivity index (χ3v) is 6.37. The van der Waals surface area contributed by atoms with E-state index in [1.807, 2.05) is 42.2 Å². The van der Waals surface area contributed by atoms with Crippen LogP contribution in [0.15, 0.2) is 64.1 Å². The molecule has 0 atom stereocenters. The van der Waals surface area contributed by atoms with Crippen LogP contribution < -0.4 is 10.2 Å². The highest BCUT2D eigenvalue weighted by Gasteiger charge is 2.31. The van der Waals surface area contributed by atoms with Crippen LogP contribution in [-0.4, -0.2) is 35.6 Å². The lowest BCUT2D eigenvalue weighted by Crippen LogP contribution is -2.36. The number of fused-ring (bicyclic) bond motifs is 2. The zero-order chi connectivity index (χ0) is 23.5. The van der Waals surface area contributed by atoms with Crippen LogP contribution in [0, 0.1) is 6.92 Å². The smallest absolute Gasteiger partial charge is 0.290 e. The van der Waals surface area contributed by atoms with Crippen molar-refractivity contribution >= 4 is 17.5 Å². The maximum Gasteiger partial charge on any atom is 0.290 e. The fourth-order valence-electron chi connectivity index (χ4n) is 4.62. The second-order valence-electron chi connectivity index (χ2n) is 8.65. The molecule has 2 heterocycles. The molecule has 2 aliphatic rings. The lowest BCUT2D eigenvalue weighted by Gasteiger charge is -2.28. The number of furan rings is 1. The Balaban J connectivity index is 1.30. The molecule has 7 heteroatoms. The first-order valence-electron chi connectivity index (χ1n) is 11.6. The fourth-order valence-corrected chi connectivity index (χ4v) is 4.62. The molecule has 1 aliphatic carbocycles. The van der Waals surface area contributed by atoms with Crippen LogP contribution >= 0.6 is 0 Å². The fraction of sp³-hybridized carbons (Fsp3) is 0.296. The van der Waals surface area contributed by atoms with E-state index in [1.165, 1.54) is 11.1 Å². The monoisotopic (exact) mass is 457 g/mol. The first kappa shape index (κ1) is 21.9. The minimum absolute atomic E-state index is 0.0963. The van der Waals surface area contributed by atoms with Crippen molar-refractivity contribution in [3.05, 3.63) is 88.4 Å². The van der Waals surface area contributed by atoms with E-state index in [0.717, 1.165) is 41.9 Å². The molecule has 7 nitrogen and oxygen atoms in total. The Labute approximate surface area is 198 Å². The summed E-state index contributed by atoms with van der Waals surface area (Å²) in [4.78, 5) is 27.4. The van der Waals surface area contributed by atoms with Crippen LogP contribution in [0.1, 0.15) is 51.4 Å². The molecule has 0 saturated carbocycles. The Morgan fingerprint density at radius 1 is 1.03 bits per heavy atom. The second kappa shape index (κ2) is 9.55. The third kappa shape index (κ3) is 4.46. The lowest BCUT2D eigenvalue weighted by molar-refractivity contribution is -0.123. The number of ether oxygens (including phenoxy) is 1. The minimum atomic E-state index is -0.340. The van der Waals surface area contributed by atoms with Crippen molar-refractivity contribution in [1.82, 2.24) is 10.3 Å². The van der Waals surface area contributed by atoms with Gasteiger partial charge in [0.05, 0.1) is 5.71 Å². The molecule has 0 bridgehead atoms. The van der Waals surface area contributed by atoms with Gasteiger partial charge in [0.15, 0.2) is 12.4 Å². The number of hydrazone groups is 1. The van der Waals surface area contributed by atoms with Gasteiger partial charge in [-0.1, -0.05) is 42.5 Å². The predicted octanol–water partition coefficient (Wildman–Crippen LogP) is 4.02. The molecule has 0 radical (unpaired) electrons. The van der Waals surface area contributed by atoms with E-state index in [0.29, 0.717) is 31.0 Å². The van der Waals surface area contributed by atoms with Gasteiger partial charge in [-0.25, -0.2) is 5.43 Å². The number of nitrogens with one attached hydrogen (secondary N) is 1. The highest BCUT2D eigenvalue weighted by Crippen LogP contribution is 2.31. The zero-order valence-electron chi connectivity index (χ0n) is 19.2. The van der Waals surface area contributed by atoms with Gasteiger partial charge in [0.1, 0.15) is 11.5 Å². The number of aryl methyl sites for hydroxylation is 1. The van der Waals surface area contributed by atoms with Gasteiger partial charge >= 0.3 is 0 Å². The number of hydrogen-bond acceptors (Lipinski definition) is 5. The first-order valence-corrected chi connectivity index (χ1v) is 11.6. The van der Waals surface area contributed by atoms with Crippen molar-refractivity contribution in [3.63, 3.8) is 0 Å². The van der Waals surface area contributed by atoms with Crippen molar-refractivity contribution in [3.8, 4) is 5.75 Å². The number of carbonyl (C=O) groups excluding carboxylic acids is 2. The molecule has 0 saturated heterocycles. The van der Waals surface area contributed by atoms with Gasteiger partial charge in [-0.2, -0.15) is 5.10 Å². The Morgan fingerprint density at radius 2 is 1.79 bits per heavy atom. The van der Waals surface area contributed by atoms with Crippen molar-refractivity contribution in [2.24, 2.45) is 5.10 Å². The summed E-state index contributed by atoms with van der Waals surface area (Å²) in [6, 6.07) is 17.4. The number of para-hydroxylation sites is 1. The van der Waals surface area contributed by atoms with E-state index < -0.39 is 0 Å². The van der Waals surface area contributed by atoms with Crippen LogP contribution in [0.3, 0.4) is 0 Å². The van der Waals surface area contributed by atoms with E-state index in [9.17, 15) is 9.59 Å². The van der Waals surface area contributed by atoms with E-state index >= 15 is 0 Å². The maximum atomic E-state index is 13.3. The largest absolute Gasteiger partial charge is 0.484 e. The highest BCUT2D eigenvalue weighted by molar-refractivity contribution is 6.06. The molecule has 0 unspecified atom stereocenters. The molecular weight excluding hydrogens is 430 g/mol. The van der Waals surface area contributed by atoms with E-state index in [1.54, 1.807) is 12.1 Å². The lowest BCUT2D eigenvalue weighted by atomic mass is 9.93. The molecule has 1 aromatic heterocycles. The van der Waals surface area contributed by atoms with Crippen LogP contribution in [0.2, 0.25) is 0 Å². The van der Waals surface area contributed by atoms with Crippen LogP contribution in [-0.2, 0) is 24.2 Å². The predicted molar refractivity (Wildman–Crippen MR) is 128 cm³/mol. The molecule has 1 N–H and O–H groups in total. The summed E-state index contributed by atoms with van der Waals surface area (Å²) in [5, 5.41) is 4.36. The summed E-state index contributed by atoms with van der Waals surface area (Å²) in [7, 11) is 0. The third-order valence-electron chi connectivity index (χ3n) is 6.37. The molecule has 2 amide bonds. The average molecular weight is 458 g/mol. The summed E-state index contributed by atoms with van der Waals surface area (Å²) in [6.45, 7) is 3.02. The number of amides is 2. The van der Waals surface area contributed by atoms with Gasteiger partial charge in [0.25, 0.3) is 11.8 Å². The SMILES string of the molecule is Cc1c(C(=O)N2CCc3ccccc3C2)oc2c1/C(=N/NC(=O)COc1ccccc1)CCC2. The van der Waals surface area contributed by atoms with Gasteiger partial charge in [0.2, 0.25) is 0 Å². The summed E-state index contributed by atoms with van der Waals surface area (Å²) in [5.74, 6) is 1.32. The van der Waals surface area contributed by atoms with Crippen molar-refractivity contribution in [1.29, 1.82) is 0 Å². The number of benzene rings is 2. The normalized spacial score (nSPS) is 16.0. The van der Waals surface area contributed by atoms with Gasteiger partial charge in [-0.3, -0.25) is 9.59 Å². The topological polar surface area (TPSA) is 84.1 Å². The quantitative estimate of drug-likeness (QED) is 0.587. The number of hydrogen-bond donors (Lipinski definition) is 1. The Morgan fingerprint density at radius 3 is 2.62 bits per heavy atom. The van der Waals surface area contributed by atoms with Crippen LogP contribution in [0.4, 0.5) is 0 Å². The Hall–Kier alpha value is -3.87. The number of nitrogens with zero attached hydrogens (tertiary/aromatic N) is 2. The molecule has 174 valence electrons. The van der Waals surface area contributed by atoms with Gasteiger partial charge in [-0.05, 0) is 49.4 Å². The molecule has 0 fully saturated rings. The maximum absolute atomic E-state index is 13.3. The minimum Gasteiger partial charge on any atom is -0.484 e. The summed E-state index contributed by atoms with van der Waals surface area (Å²) in [6.07, 6.45) is 3.14.